The minimum absolute atomic E-state index is 0.0348. The van der Waals surface area contributed by atoms with E-state index in [-0.39, 0.29) is 23.2 Å². The van der Waals surface area contributed by atoms with Crippen molar-refractivity contribution in [3.05, 3.63) is 60.7 Å². The smallest absolute Gasteiger partial charge is 0.281 e. The average Bonchev–Trinajstić information content (AvgIpc) is 3.35. The third kappa shape index (κ3) is 6.12. The Morgan fingerprint density at radius 1 is 1.05 bits per heavy atom. The lowest BCUT2D eigenvalue weighted by Gasteiger charge is -2.12. The van der Waals surface area contributed by atoms with Gasteiger partial charge in [-0.1, -0.05) is 13.8 Å². The van der Waals surface area contributed by atoms with Gasteiger partial charge in [0.1, 0.15) is 17.3 Å². The topological polar surface area (TPSA) is 153 Å². The zero-order valence-corrected chi connectivity index (χ0v) is 22.8. The largest absolute Gasteiger partial charge is 0.493 e. The normalized spacial score (nSPS) is 11.4. The highest BCUT2D eigenvalue weighted by Gasteiger charge is 2.21. The van der Waals surface area contributed by atoms with E-state index in [0.717, 1.165) is 5.39 Å². The number of hydrogen-bond donors (Lipinski definition) is 2. The van der Waals surface area contributed by atoms with Crippen LogP contribution in [0.15, 0.2) is 55.0 Å². The first-order valence-corrected chi connectivity index (χ1v) is 12.4. The number of methoxy groups -OCH3 is 2. The minimum atomic E-state index is -0.617. The van der Waals surface area contributed by atoms with Gasteiger partial charge in [0, 0.05) is 23.7 Å². The third-order valence-corrected chi connectivity index (χ3v) is 5.75. The number of nitrogens with one attached hydrogen (secondary N) is 1. The van der Waals surface area contributed by atoms with Crippen LogP contribution in [0.5, 0.6) is 28.7 Å². The van der Waals surface area contributed by atoms with Gasteiger partial charge in [0.2, 0.25) is 5.91 Å². The van der Waals surface area contributed by atoms with Crippen LogP contribution in [0.2, 0.25) is 0 Å². The van der Waals surface area contributed by atoms with Gasteiger partial charge in [0.05, 0.1) is 44.4 Å². The summed E-state index contributed by atoms with van der Waals surface area (Å²) in [6.45, 7) is 5.87. The standard InChI is InChI=1S/C28H30N6O6/c1-6-39-24-15-34(20(16(2)3)13-25(29)35)33-27(24)28(36)32-26-8-7-17(14-31-26)40-21-9-10-30-19-12-23(38-5)22(37-4)11-18(19)21/h7-16H,6H2,1-5H3,(H2,29,35)(H,31,32,36)/b20-13+. The molecule has 4 aromatic rings. The van der Waals surface area contributed by atoms with Crippen LogP contribution in [-0.4, -0.2) is 52.4 Å². The number of fused-ring (bicyclic) bond motifs is 1. The van der Waals surface area contributed by atoms with Gasteiger partial charge < -0.3 is 30.0 Å². The first-order chi connectivity index (χ1) is 19.2. The zero-order chi connectivity index (χ0) is 28.8. The van der Waals surface area contributed by atoms with Crippen LogP contribution in [0, 0.1) is 5.92 Å². The second kappa shape index (κ2) is 12.2. The maximum absolute atomic E-state index is 13.1. The SMILES string of the molecule is CCOc1cn(/C(=C/C(N)=O)C(C)C)nc1C(=O)Nc1ccc(Oc2ccnc3cc(OC)c(OC)cc23)cn1. The van der Waals surface area contributed by atoms with E-state index in [2.05, 4.69) is 20.4 Å². The van der Waals surface area contributed by atoms with Gasteiger partial charge in [-0.3, -0.25) is 14.6 Å². The molecule has 0 aliphatic rings. The van der Waals surface area contributed by atoms with Crippen molar-refractivity contribution in [2.75, 3.05) is 26.1 Å². The molecule has 0 spiro atoms. The lowest BCUT2D eigenvalue weighted by molar-refractivity contribution is -0.113. The number of benzene rings is 1. The van der Waals surface area contributed by atoms with Crippen molar-refractivity contribution in [1.82, 2.24) is 19.7 Å². The Bertz CT molecular complexity index is 1560. The molecule has 0 unspecified atom stereocenters. The predicted molar refractivity (Wildman–Crippen MR) is 149 cm³/mol. The fraction of sp³-hybridized carbons (Fsp3) is 0.250. The van der Waals surface area contributed by atoms with E-state index in [0.29, 0.717) is 40.8 Å². The molecule has 0 bridgehead atoms. The molecule has 12 nitrogen and oxygen atoms in total. The number of ether oxygens (including phenoxy) is 4. The van der Waals surface area contributed by atoms with Gasteiger partial charge in [-0.25, -0.2) is 9.67 Å². The number of aromatic nitrogens is 4. The van der Waals surface area contributed by atoms with E-state index in [4.69, 9.17) is 24.7 Å². The van der Waals surface area contributed by atoms with Gasteiger partial charge in [-0.15, -0.1) is 0 Å². The molecule has 0 radical (unpaired) electrons. The maximum atomic E-state index is 13.1. The van der Waals surface area contributed by atoms with E-state index < -0.39 is 11.8 Å². The minimum Gasteiger partial charge on any atom is -0.493 e. The molecule has 0 fully saturated rings. The summed E-state index contributed by atoms with van der Waals surface area (Å²) >= 11 is 0. The molecule has 1 aromatic carbocycles. The summed E-state index contributed by atoms with van der Waals surface area (Å²) in [6.07, 6.45) is 5.93. The molecule has 3 aromatic heterocycles. The molecule has 0 saturated heterocycles. The molecule has 0 atom stereocenters. The quantitative estimate of drug-likeness (QED) is 0.263. The van der Waals surface area contributed by atoms with Gasteiger partial charge in [-0.2, -0.15) is 5.10 Å². The van der Waals surface area contributed by atoms with E-state index in [1.807, 2.05) is 13.8 Å². The van der Waals surface area contributed by atoms with E-state index >= 15 is 0 Å². The molecular weight excluding hydrogens is 516 g/mol. The molecule has 3 heterocycles. The van der Waals surface area contributed by atoms with E-state index in [1.54, 1.807) is 63.9 Å². The number of carbonyl (C=O) groups is 2. The highest BCUT2D eigenvalue weighted by atomic mass is 16.5. The summed E-state index contributed by atoms with van der Waals surface area (Å²) in [7, 11) is 3.11. The number of pyridine rings is 2. The number of nitrogens with two attached hydrogens (primary N) is 1. The molecule has 40 heavy (non-hydrogen) atoms. The first kappa shape index (κ1) is 27.9. The summed E-state index contributed by atoms with van der Waals surface area (Å²) in [5.74, 6) is 1.38. The molecule has 2 amide bonds. The summed E-state index contributed by atoms with van der Waals surface area (Å²) in [4.78, 5) is 33.3. The first-order valence-electron chi connectivity index (χ1n) is 12.4. The van der Waals surface area contributed by atoms with Crippen molar-refractivity contribution in [2.45, 2.75) is 20.8 Å². The summed E-state index contributed by atoms with van der Waals surface area (Å²) in [5.41, 5.74) is 6.57. The second-order valence-corrected chi connectivity index (χ2v) is 8.81. The molecule has 0 aliphatic carbocycles. The Balaban J connectivity index is 1.55. The van der Waals surface area contributed by atoms with Crippen molar-refractivity contribution in [2.24, 2.45) is 11.7 Å². The Morgan fingerprint density at radius 3 is 2.42 bits per heavy atom. The molecule has 12 heteroatoms. The molecular formula is C28H30N6O6. The van der Waals surface area contributed by atoms with Crippen LogP contribution in [0.4, 0.5) is 5.82 Å². The zero-order valence-electron chi connectivity index (χ0n) is 22.8. The molecule has 4 rings (SSSR count). The number of carbonyl (C=O) groups excluding carboxylic acids is 2. The fourth-order valence-electron chi connectivity index (χ4n) is 3.91. The van der Waals surface area contributed by atoms with Crippen LogP contribution >= 0.6 is 0 Å². The Labute approximate surface area is 230 Å². The van der Waals surface area contributed by atoms with Crippen LogP contribution in [0.25, 0.3) is 16.6 Å². The number of primary amides is 1. The number of amides is 2. The number of nitrogens with zero attached hydrogens (tertiary/aromatic N) is 4. The monoisotopic (exact) mass is 546 g/mol. The van der Waals surface area contributed by atoms with Crippen LogP contribution < -0.4 is 30.0 Å². The third-order valence-electron chi connectivity index (χ3n) is 5.75. The average molecular weight is 547 g/mol. The number of hydrogen-bond acceptors (Lipinski definition) is 9. The molecule has 0 saturated carbocycles. The van der Waals surface area contributed by atoms with E-state index in [1.165, 1.54) is 17.0 Å². The summed E-state index contributed by atoms with van der Waals surface area (Å²) < 4.78 is 23.8. The highest BCUT2D eigenvalue weighted by molar-refractivity contribution is 6.04. The van der Waals surface area contributed by atoms with Crippen LogP contribution in [0.3, 0.4) is 0 Å². The number of allylic oxidation sites excluding steroid dienone is 1. The number of anilines is 1. The molecule has 0 aliphatic heterocycles. The van der Waals surface area contributed by atoms with Gasteiger partial charge in [-0.05, 0) is 37.1 Å². The number of rotatable bonds is 11. The van der Waals surface area contributed by atoms with Crippen LogP contribution in [-0.2, 0) is 4.79 Å². The van der Waals surface area contributed by atoms with Crippen molar-refractivity contribution < 1.29 is 28.5 Å². The molecule has 208 valence electrons. The van der Waals surface area contributed by atoms with Crippen molar-refractivity contribution >= 4 is 34.2 Å². The highest BCUT2D eigenvalue weighted by Crippen LogP contribution is 2.36. The van der Waals surface area contributed by atoms with Gasteiger partial charge in [0.15, 0.2) is 22.9 Å². The van der Waals surface area contributed by atoms with Crippen LogP contribution in [0.1, 0.15) is 31.3 Å². The lowest BCUT2D eigenvalue weighted by atomic mass is 10.1. The Hall–Kier alpha value is -5.13. The molecule has 3 N–H and O–H groups in total. The lowest BCUT2D eigenvalue weighted by Crippen LogP contribution is -2.16. The van der Waals surface area contributed by atoms with Crippen molar-refractivity contribution in [3.63, 3.8) is 0 Å². The second-order valence-electron chi connectivity index (χ2n) is 8.81. The van der Waals surface area contributed by atoms with Crippen molar-refractivity contribution in [1.29, 1.82) is 0 Å². The Kier molecular flexibility index (Phi) is 8.48. The van der Waals surface area contributed by atoms with Gasteiger partial charge in [0.25, 0.3) is 5.91 Å². The summed E-state index contributed by atoms with van der Waals surface area (Å²) in [5, 5.41) is 7.79. The van der Waals surface area contributed by atoms with Gasteiger partial charge >= 0.3 is 0 Å². The van der Waals surface area contributed by atoms with Crippen molar-refractivity contribution in [3.8, 4) is 28.7 Å². The summed E-state index contributed by atoms with van der Waals surface area (Å²) in [6, 6.07) is 8.56. The predicted octanol–water partition coefficient (Wildman–Crippen LogP) is 4.27. The maximum Gasteiger partial charge on any atom is 0.281 e. The van der Waals surface area contributed by atoms with E-state index in [9.17, 15) is 9.59 Å². The fourth-order valence-corrected chi connectivity index (χ4v) is 3.91. The Morgan fingerprint density at radius 2 is 1.80 bits per heavy atom.